The molecule has 0 fully saturated rings. The second-order valence-corrected chi connectivity index (χ2v) is 4.48. The van der Waals surface area contributed by atoms with Crippen molar-refractivity contribution in [2.24, 2.45) is 5.16 Å². The number of nitrogens with one attached hydrogen (secondary N) is 2. The standard InChI is InChI=1S/C14H19N3O4/c1-9(17-20)8-11-4-6-12(7-5-11)21-10(2)13(18)16-14(19)15-3/h4-7,10,20H,8H2,1-3H3,(H2,15,16,18,19)/b17-9+. The van der Waals surface area contributed by atoms with Gasteiger partial charge in [0.05, 0.1) is 5.71 Å². The van der Waals surface area contributed by atoms with Gasteiger partial charge in [-0.2, -0.15) is 0 Å². The van der Waals surface area contributed by atoms with Gasteiger partial charge in [0.25, 0.3) is 5.91 Å². The van der Waals surface area contributed by atoms with Gasteiger partial charge in [-0.3, -0.25) is 10.1 Å². The summed E-state index contributed by atoms with van der Waals surface area (Å²) >= 11 is 0. The van der Waals surface area contributed by atoms with E-state index in [2.05, 4.69) is 15.8 Å². The van der Waals surface area contributed by atoms with E-state index in [0.717, 1.165) is 5.56 Å². The van der Waals surface area contributed by atoms with Crippen molar-refractivity contribution in [2.45, 2.75) is 26.4 Å². The molecule has 0 saturated heterocycles. The molecule has 3 N–H and O–H groups in total. The molecule has 7 nitrogen and oxygen atoms in total. The van der Waals surface area contributed by atoms with Crippen LogP contribution in [0.2, 0.25) is 0 Å². The van der Waals surface area contributed by atoms with Crippen LogP contribution in [0.25, 0.3) is 0 Å². The number of carbonyl (C=O) groups is 2. The maximum absolute atomic E-state index is 11.6. The lowest BCUT2D eigenvalue weighted by Gasteiger charge is -2.14. The van der Waals surface area contributed by atoms with Gasteiger partial charge in [-0.15, -0.1) is 0 Å². The summed E-state index contributed by atoms with van der Waals surface area (Å²) in [4.78, 5) is 22.7. The van der Waals surface area contributed by atoms with E-state index >= 15 is 0 Å². The second-order valence-electron chi connectivity index (χ2n) is 4.48. The summed E-state index contributed by atoms with van der Waals surface area (Å²) in [6.45, 7) is 3.27. The minimum Gasteiger partial charge on any atom is -0.481 e. The number of rotatable bonds is 5. The predicted molar refractivity (Wildman–Crippen MR) is 77.7 cm³/mol. The monoisotopic (exact) mass is 293 g/mol. The van der Waals surface area contributed by atoms with Crippen LogP contribution < -0.4 is 15.4 Å². The number of oxime groups is 1. The smallest absolute Gasteiger partial charge is 0.321 e. The molecule has 0 spiro atoms. The van der Waals surface area contributed by atoms with Crippen molar-refractivity contribution in [1.29, 1.82) is 0 Å². The average molecular weight is 293 g/mol. The molecular formula is C14H19N3O4. The first-order valence-corrected chi connectivity index (χ1v) is 6.42. The Morgan fingerprint density at radius 3 is 2.48 bits per heavy atom. The van der Waals surface area contributed by atoms with Gasteiger partial charge in [-0.05, 0) is 31.5 Å². The van der Waals surface area contributed by atoms with E-state index in [1.165, 1.54) is 7.05 Å². The van der Waals surface area contributed by atoms with Gasteiger partial charge in [0.2, 0.25) is 0 Å². The number of carbonyl (C=O) groups excluding carboxylic acids is 2. The maximum atomic E-state index is 11.6. The molecule has 0 aliphatic rings. The van der Waals surface area contributed by atoms with E-state index in [-0.39, 0.29) is 0 Å². The summed E-state index contributed by atoms with van der Waals surface area (Å²) in [5.74, 6) is -0.0152. The molecule has 0 saturated carbocycles. The number of benzene rings is 1. The highest BCUT2D eigenvalue weighted by molar-refractivity contribution is 5.96. The van der Waals surface area contributed by atoms with Gasteiger partial charge in [0, 0.05) is 13.5 Å². The van der Waals surface area contributed by atoms with Crippen molar-refractivity contribution in [1.82, 2.24) is 10.6 Å². The minimum atomic E-state index is -0.797. The Balaban J connectivity index is 2.59. The average Bonchev–Trinajstić information content (AvgIpc) is 2.48. The van der Waals surface area contributed by atoms with Gasteiger partial charge in [-0.25, -0.2) is 4.79 Å². The summed E-state index contributed by atoms with van der Waals surface area (Å²) in [5, 5.41) is 16.1. The van der Waals surface area contributed by atoms with Crippen molar-refractivity contribution in [3.05, 3.63) is 29.8 Å². The first-order valence-electron chi connectivity index (χ1n) is 6.42. The van der Waals surface area contributed by atoms with E-state index < -0.39 is 18.0 Å². The third-order valence-corrected chi connectivity index (χ3v) is 2.70. The molecule has 1 rings (SSSR count). The van der Waals surface area contributed by atoms with Crippen LogP contribution in [0.4, 0.5) is 4.79 Å². The predicted octanol–water partition coefficient (Wildman–Crippen LogP) is 1.30. The zero-order chi connectivity index (χ0) is 15.8. The number of nitrogens with zero attached hydrogens (tertiary/aromatic N) is 1. The third kappa shape index (κ3) is 5.52. The number of ether oxygens (including phenoxy) is 1. The number of hydrogen-bond donors (Lipinski definition) is 3. The molecular weight excluding hydrogens is 274 g/mol. The van der Waals surface area contributed by atoms with Crippen molar-refractivity contribution in [3.8, 4) is 5.75 Å². The van der Waals surface area contributed by atoms with E-state index in [1.54, 1.807) is 26.0 Å². The van der Waals surface area contributed by atoms with E-state index in [4.69, 9.17) is 9.94 Å². The molecule has 1 unspecified atom stereocenters. The normalized spacial score (nSPS) is 12.4. The fourth-order valence-electron chi connectivity index (χ4n) is 1.55. The van der Waals surface area contributed by atoms with Crippen LogP contribution in [-0.2, 0) is 11.2 Å². The molecule has 0 aliphatic heterocycles. The van der Waals surface area contributed by atoms with Crippen LogP contribution in [0.15, 0.2) is 29.4 Å². The lowest BCUT2D eigenvalue weighted by molar-refractivity contribution is -0.126. The molecule has 0 aromatic heterocycles. The Kier molecular flexibility index (Phi) is 6.19. The highest BCUT2D eigenvalue weighted by Crippen LogP contribution is 2.14. The van der Waals surface area contributed by atoms with Crippen LogP contribution in [0, 0.1) is 0 Å². The molecule has 1 atom stereocenters. The van der Waals surface area contributed by atoms with Gasteiger partial charge in [-0.1, -0.05) is 17.3 Å². The number of hydrogen-bond acceptors (Lipinski definition) is 5. The SMILES string of the molecule is CNC(=O)NC(=O)C(C)Oc1ccc(C/C(C)=N/O)cc1. The highest BCUT2D eigenvalue weighted by atomic mass is 16.5. The summed E-state index contributed by atoms with van der Waals surface area (Å²) < 4.78 is 5.44. The topological polar surface area (TPSA) is 100 Å². The minimum absolute atomic E-state index is 0.511. The maximum Gasteiger partial charge on any atom is 0.321 e. The molecule has 114 valence electrons. The molecule has 7 heteroatoms. The number of amides is 3. The summed E-state index contributed by atoms with van der Waals surface area (Å²) in [7, 11) is 1.42. The van der Waals surface area contributed by atoms with E-state index in [1.807, 2.05) is 12.1 Å². The van der Waals surface area contributed by atoms with Crippen molar-refractivity contribution in [2.75, 3.05) is 7.05 Å². The van der Waals surface area contributed by atoms with E-state index in [9.17, 15) is 9.59 Å². The van der Waals surface area contributed by atoms with Crippen molar-refractivity contribution in [3.63, 3.8) is 0 Å². The second kappa shape index (κ2) is 7.88. The van der Waals surface area contributed by atoms with Crippen LogP contribution in [0.5, 0.6) is 5.75 Å². The zero-order valence-electron chi connectivity index (χ0n) is 12.2. The van der Waals surface area contributed by atoms with Crippen molar-refractivity contribution < 1.29 is 19.5 Å². The summed E-state index contributed by atoms with van der Waals surface area (Å²) in [5.41, 5.74) is 1.56. The van der Waals surface area contributed by atoms with Crippen LogP contribution >= 0.6 is 0 Å². The van der Waals surface area contributed by atoms with Gasteiger partial charge in [0.15, 0.2) is 6.10 Å². The Morgan fingerprint density at radius 2 is 1.95 bits per heavy atom. The fraction of sp³-hybridized carbons (Fsp3) is 0.357. The van der Waals surface area contributed by atoms with Gasteiger partial charge >= 0.3 is 6.03 Å². The Morgan fingerprint density at radius 1 is 1.33 bits per heavy atom. The first-order chi connectivity index (χ1) is 9.96. The lowest BCUT2D eigenvalue weighted by Crippen LogP contribution is -2.43. The largest absolute Gasteiger partial charge is 0.481 e. The summed E-state index contributed by atoms with van der Waals surface area (Å²) in [6.07, 6.45) is -0.266. The van der Waals surface area contributed by atoms with Gasteiger partial charge in [0.1, 0.15) is 5.75 Å². The van der Waals surface area contributed by atoms with Crippen LogP contribution in [0.3, 0.4) is 0 Å². The number of imide groups is 1. The zero-order valence-corrected chi connectivity index (χ0v) is 12.2. The number of urea groups is 1. The Labute approximate surface area is 123 Å². The van der Waals surface area contributed by atoms with Crippen LogP contribution in [0.1, 0.15) is 19.4 Å². The molecule has 21 heavy (non-hydrogen) atoms. The fourth-order valence-corrected chi connectivity index (χ4v) is 1.55. The highest BCUT2D eigenvalue weighted by Gasteiger charge is 2.16. The molecule has 3 amide bonds. The molecule has 0 bridgehead atoms. The third-order valence-electron chi connectivity index (χ3n) is 2.70. The van der Waals surface area contributed by atoms with Crippen LogP contribution in [-0.4, -0.2) is 36.0 Å². The lowest BCUT2D eigenvalue weighted by atomic mass is 10.1. The first kappa shape index (κ1) is 16.5. The Bertz CT molecular complexity index is 526. The quantitative estimate of drug-likeness (QED) is 0.433. The van der Waals surface area contributed by atoms with E-state index in [0.29, 0.717) is 17.9 Å². The molecule has 0 radical (unpaired) electrons. The molecule has 1 aromatic rings. The van der Waals surface area contributed by atoms with Crippen molar-refractivity contribution >= 4 is 17.6 Å². The van der Waals surface area contributed by atoms with Gasteiger partial charge < -0.3 is 15.3 Å². The Hall–Kier alpha value is -2.57. The molecule has 0 heterocycles. The molecule has 1 aromatic carbocycles. The summed E-state index contributed by atoms with van der Waals surface area (Å²) in [6, 6.07) is 6.47. The molecule has 0 aliphatic carbocycles.